The number of carboxylic acids is 1. The van der Waals surface area contributed by atoms with E-state index in [1.807, 2.05) is 0 Å². The van der Waals surface area contributed by atoms with E-state index in [2.05, 4.69) is 0 Å². The summed E-state index contributed by atoms with van der Waals surface area (Å²) in [6.45, 7) is 0.596. The van der Waals surface area contributed by atoms with Crippen LogP contribution < -0.4 is 10.5 Å². The second kappa shape index (κ2) is 4.56. The van der Waals surface area contributed by atoms with Crippen LogP contribution in [0.4, 0.5) is 5.69 Å². The zero-order valence-electron chi connectivity index (χ0n) is 9.92. The minimum atomic E-state index is -1.13. The van der Waals surface area contributed by atoms with E-state index < -0.39 is 12.1 Å². The van der Waals surface area contributed by atoms with E-state index in [4.69, 9.17) is 15.6 Å². The molecule has 3 N–H and O–H groups in total. The molecule has 1 heterocycles. The Morgan fingerprint density at radius 1 is 1.56 bits per heavy atom. The molecule has 0 bridgehead atoms. The summed E-state index contributed by atoms with van der Waals surface area (Å²) in [6.07, 6.45) is -0.124. The van der Waals surface area contributed by atoms with E-state index in [9.17, 15) is 9.59 Å². The third-order valence-corrected chi connectivity index (χ3v) is 2.91. The Hall–Kier alpha value is -2.24. The van der Waals surface area contributed by atoms with E-state index in [0.29, 0.717) is 13.0 Å². The lowest BCUT2D eigenvalue weighted by Gasteiger charge is -2.16. The third kappa shape index (κ3) is 2.09. The van der Waals surface area contributed by atoms with Crippen LogP contribution >= 0.6 is 0 Å². The number of rotatable bonds is 3. The predicted octanol–water partition coefficient (Wildman–Crippen LogP) is 0.577. The van der Waals surface area contributed by atoms with Gasteiger partial charge in [-0.3, -0.25) is 4.79 Å². The number of hydrogen-bond donors (Lipinski definition) is 2. The molecule has 1 atom stereocenters. The monoisotopic (exact) mass is 250 g/mol. The molecule has 1 aromatic carbocycles. The Labute approximate surface area is 104 Å². The number of carbonyl (C=O) groups is 2. The first-order valence-corrected chi connectivity index (χ1v) is 5.54. The highest BCUT2D eigenvalue weighted by Gasteiger charge is 2.32. The topological polar surface area (TPSA) is 92.9 Å². The number of nitrogens with zero attached hydrogens (tertiary/aromatic N) is 1. The van der Waals surface area contributed by atoms with Gasteiger partial charge >= 0.3 is 5.97 Å². The fraction of sp³-hybridized carbons (Fsp3) is 0.333. The molecule has 1 aliphatic heterocycles. The molecule has 1 fully saturated rings. The maximum absolute atomic E-state index is 11.7. The van der Waals surface area contributed by atoms with Crippen molar-refractivity contribution in [2.45, 2.75) is 12.5 Å². The van der Waals surface area contributed by atoms with Crippen LogP contribution in [0.5, 0.6) is 5.75 Å². The summed E-state index contributed by atoms with van der Waals surface area (Å²) in [7, 11) is 1.68. The molecule has 0 radical (unpaired) electrons. The highest BCUT2D eigenvalue weighted by Crippen LogP contribution is 2.29. The van der Waals surface area contributed by atoms with Crippen molar-refractivity contribution < 1.29 is 19.4 Å². The number of ether oxygens (including phenoxy) is 1. The van der Waals surface area contributed by atoms with Crippen molar-refractivity contribution in [2.75, 3.05) is 19.3 Å². The molecule has 0 saturated carbocycles. The molecule has 6 nitrogen and oxygen atoms in total. The van der Waals surface area contributed by atoms with Gasteiger partial charge in [0.2, 0.25) is 0 Å². The van der Waals surface area contributed by atoms with Gasteiger partial charge in [0.05, 0.1) is 5.69 Å². The number of hydrogen-bond acceptors (Lipinski definition) is 4. The van der Waals surface area contributed by atoms with Crippen molar-refractivity contribution in [1.29, 1.82) is 0 Å². The molecule has 0 aromatic heterocycles. The Kier molecular flexibility index (Phi) is 3.10. The minimum Gasteiger partial charge on any atom is -0.478 e. The second-order valence-electron chi connectivity index (χ2n) is 4.18. The molecule has 6 heteroatoms. The maximum Gasteiger partial charge on any atom is 0.339 e. The average molecular weight is 250 g/mol. The van der Waals surface area contributed by atoms with Crippen molar-refractivity contribution in [2.24, 2.45) is 0 Å². The fourth-order valence-electron chi connectivity index (χ4n) is 1.90. The largest absolute Gasteiger partial charge is 0.478 e. The minimum absolute atomic E-state index is 0.0302. The number of anilines is 1. The first-order valence-electron chi connectivity index (χ1n) is 5.54. The first kappa shape index (κ1) is 12.2. The lowest BCUT2D eigenvalue weighted by Crippen LogP contribution is -2.30. The molecular weight excluding hydrogens is 236 g/mol. The molecule has 96 valence electrons. The number of carboxylic acid groups (broad SMARTS) is 1. The van der Waals surface area contributed by atoms with E-state index in [1.54, 1.807) is 18.0 Å². The summed E-state index contributed by atoms with van der Waals surface area (Å²) in [5.41, 5.74) is 5.89. The highest BCUT2D eigenvalue weighted by molar-refractivity contribution is 5.93. The van der Waals surface area contributed by atoms with Gasteiger partial charge in [-0.25, -0.2) is 4.79 Å². The molecule has 0 aliphatic carbocycles. The normalized spacial score (nSPS) is 19.1. The number of amides is 1. The van der Waals surface area contributed by atoms with Gasteiger partial charge in [-0.15, -0.1) is 0 Å². The van der Waals surface area contributed by atoms with Crippen LogP contribution in [-0.4, -0.2) is 41.6 Å². The van der Waals surface area contributed by atoms with E-state index in [0.717, 1.165) is 0 Å². The lowest BCUT2D eigenvalue weighted by molar-refractivity contribution is -0.132. The van der Waals surface area contributed by atoms with Gasteiger partial charge in [0.1, 0.15) is 5.56 Å². The lowest BCUT2D eigenvalue weighted by atomic mass is 10.1. The molecule has 0 spiro atoms. The number of nitrogens with two attached hydrogens (primary N) is 1. The van der Waals surface area contributed by atoms with Crippen LogP contribution in [0.1, 0.15) is 16.8 Å². The molecule has 1 saturated heterocycles. The van der Waals surface area contributed by atoms with Gasteiger partial charge in [0.15, 0.2) is 11.9 Å². The zero-order valence-corrected chi connectivity index (χ0v) is 9.92. The summed E-state index contributed by atoms with van der Waals surface area (Å²) in [6, 6.07) is 4.48. The SMILES string of the molecule is CN1CCC(Oc2c(N)cccc2C(=O)O)C1=O. The van der Waals surface area contributed by atoms with Gasteiger partial charge in [-0.2, -0.15) is 0 Å². The standard InChI is InChI=1S/C12H14N2O4/c1-14-6-5-9(11(14)15)18-10-7(12(16)17)3-2-4-8(10)13/h2-4,9H,5-6,13H2,1H3,(H,16,17). The molecule has 1 aromatic rings. The van der Waals surface area contributed by atoms with Crippen molar-refractivity contribution in [3.05, 3.63) is 23.8 Å². The van der Waals surface area contributed by atoms with Crippen molar-refractivity contribution in [1.82, 2.24) is 4.90 Å². The number of carbonyl (C=O) groups excluding carboxylic acids is 1. The highest BCUT2D eigenvalue weighted by atomic mass is 16.5. The number of likely N-dealkylation sites (tertiary alicyclic amines) is 1. The van der Waals surface area contributed by atoms with Gasteiger partial charge in [0.25, 0.3) is 5.91 Å². The molecular formula is C12H14N2O4. The van der Waals surface area contributed by atoms with Gasteiger partial charge in [-0.1, -0.05) is 6.07 Å². The molecule has 2 rings (SSSR count). The summed E-state index contributed by atoms with van der Waals surface area (Å²) in [4.78, 5) is 24.3. The summed E-state index contributed by atoms with van der Waals surface area (Å²) in [5.74, 6) is -1.22. The van der Waals surface area contributed by atoms with E-state index in [-0.39, 0.29) is 22.9 Å². The Bertz CT molecular complexity index is 501. The molecule has 1 aliphatic rings. The fourth-order valence-corrected chi connectivity index (χ4v) is 1.90. The number of benzene rings is 1. The van der Waals surface area contributed by atoms with E-state index >= 15 is 0 Å². The van der Waals surface area contributed by atoms with Crippen LogP contribution in [0.25, 0.3) is 0 Å². The predicted molar refractivity (Wildman–Crippen MR) is 64.5 cm³/mol. The van der Waals surface area contributed by atoms with Crippen LogP contribution in [-0.2, 0) is 4.79 Å². The van der Waals surface area contributed by atoms with Crippen LogP contribution in [0.3, 0.4) is 0 Å². The Morgan fingerprint density at radius 2 is 2.28 bits per heavy atom. The number of likely N-dealkylation sites (N-methyl/N-ethyl adjacent to an activating group) is 1. The van der Waals surface area contributed by atoms with E-state index in [1.165, 1.54) is 12.1 Å². The number of aromatic carboxylic acids is 1. The quantitative estimate of drug-likeness (QED) is 0.765. The van der Waals surface area contributed by atoms with Crippen LogP contribution in [0.15, 0.2) is 18.2 Å². The zero-order chi connectivity index (χ0) is 13.3. The van der Waals surface area contributed by atoms with Crippen molar-refractivity contribution >= 4 is 17.6 Å². The molecule has 18 heavy (non-hydrogen) atoms. The Morgan fingerprint density at radius 3 is 2.83 bits per heavy atom. The molecule has 1 amide bonds. The van der Waals surface area contributed by atoms with Crippen LogP contribution in [0, 0.1) is 0 Å². The average Bonchev–Trinajstić information content (AvgIpc) is 2.63. The van der Waals surface area contributed by atoms with Crippen molar-refractivity contribution in [3.63, 3.8) is 0 Å². The van der Waals surface area contributed by atoms with Crippen molar-refractivity contribution in [3.8, 4) is 5.75 Å². The van der Waals surface area contributed by atoms with Gasteiger partial charge in [0, 0.05) is 20.0 Å². The van der Waals surface area contributed by atoms with Crippen LogP contribution in [0.2, 0.25) is 0 Å². The Balaban J connectivity index is 2.29. The maximum atomic E-state index is 11.7. The summed E-state index contributed by atoms with van der Waals surface area (Å²) < 4.78 is 5.48. The number of para-hydroxylation sites is 1. The smallest absolute Gasteiger partial charge is 0.339 e. The summed E-state index contributed by atoms with van der Waals surface area (Å²) in [5, 5.41) is 9.05. The molecule has 1 unspecified atom stereocenters. The summed E-state index contributed by atoms with van der Waals surface area (Å²) >= 11 is 0. The number of nitrogen functional groups attached to an aromatic ring is 1. The third-order valence-electron chi connectivity index (χ3n) is 2.91. The second-order valence-corrected chi connectivity index (χ2v) is 4.18. The first-order chi connectivity index (χ1) is 8.50. The van der Waals surface area contributed by atoms with Gasteiger partial charge < -0.3 is 20.5 Å². The van der Waals surface area contributed by atoms with Gasteiger partial charge in [-0.05, 0) is 12.1 Å².